The summed E-state index contributed by atoms with van der Waals surface area (Å²) in [4.78, 5) is 44.3. The molecule has 6 rings (SSSR count). The predicted octanol–water partition coefficient (Wildman–Crippen LogP) is 3.91. The fraction of sp³-hybridized carbons (Fsp3) is 0.125. The predicted molar refractivity (Wildman–Crippen MR) is 132 cm³/mol. The lowest BCUT2D eigenvalue weighted by molar-refractivity contribution is 0.0940. The van der Waals surface area contributed by atoms with Crippen molar-refractivity contribution in [1.82, 2.24) is 34.8 Å². The van der Waals surface area contributed by atoms with Crippen molar-refractivity contribution in [1.29, 1.82) is 0 Å². The zero-order valence-electron chi connectivity index (χ0n) is 18.3. The van der Waals surface area contributed by atoms with Crippen LogP contribution in [0.15, 0.2) is 59.8 Å². The molecule has 0 radical (unpaired) electrons. The van der Waals surface area contributed by atoms with Crippen LogP contribution < -0.4 is 11.0 Å². The molecule has 34 heavy (non-hydrogen) atoms. The summed E-state index contributed by atoms with van der Waals surface area (Å²) in [5.41, 5.74) is 5.97. The number of amides is 1. The van der Waals surface area contributed by atoms with Gasteiger partial charge in [-0.3, -0.25) is 4.79 Å². The molecule has 0 fully saturated rings. The lowest BCUT2D eigenvalue weighted by Gasteiger charge is -2.15. The maximum absolute atomic E-state index is 12.8. The standard InChI is InChI=1S/C24H19N7O2S/c1-12(27-21(32)14-6-7-16-17(9-14)29-24(33)28-16)13-4-3-5-15(8-13)22-30-19-20-18(26-11-31(20)2)10-25-23(19)34-22/h3-12H,1-2H3,(H,27,32)(H2,28,29,33)/t12-/m0/s1. The third kappa shape index (κ3) is 3.35. The van der Waals surface area contributed by atoms with E-state index in [1.54, 1.807) is 30.7 Å². The highest BCUT2D eigenvalue weighted by molar-refractivity contribution is 7.21. The van der Waals surface area contributed by atoms with Gasteiger partial charge in [0.2, 0.25) is 0 Å². The van der Waals surface area contributed by atoms with Crippen molar-refractivity contribution >= 4 is 49.7 Å². The van der Waals surface area contributed by atoms with Crippen LogP contribution in [-0.2, 0) is 7.05 Å². The quantitative estimate of drug-likeness (QED) is 0.361. The number of nitrogens with zero attached hydrogens (tertiary/aromatic N) is 4. The minimum absolute atomic E-state index is 0.218. The van der Waals surface area contributed by atoms with Gasteiger partial charge >= 0.3 is 5.69 Å². The van der Waals surface area contributed by atoms with Gasteiger partial charge in [-0.15, -0.1) is 0 Å². The highest BCUT2D eigenvalue weighted by Gasteiger charge is 2.16. The molecule has 10 heteroatoms. The van der Waals surface area contributed by atoms with Gasteiger partial charge in [-0.2, -0.15) is 0 Å². The summed E-state index contributed by atoms with van der Waals surface area (Å²) < 4.78 is 1.96. The van der Waals surface area contributed by atoms with Gasteiger partial charge in [-0.05, 0) is 36.8 Å². The van der Waals surface area contributed by atoms with E-state index < -0.39 is 0 Å². The first kappa shape index (κ1) is 20.3. The lowest BCUT2D eigenvalue weighted by Crippen LogP contribution is -2.26. The van der Waals surface area contributed by atoms with E-state index in [1.807, 2.05) is 42.8 Å². The van der Waals surface area contributed by atoms with E-state index in [4.69, 9.17) is 4.98 Å². The molecule has 1 amide bonds. The van der Waals surface area contributed by atoms with E-state index in [9.17, 15) is 9.59 Å². The normalized spacial score (nSPS) is 12.5. The topological polar surface area (TPSA) is 121 Å². The first-order valence-electron chi connectivity index (χ1n) is 10.7. The number of carbonyl (C=O) groups excluding carboxylic acids is 1. The zero-order valence-corrected chi connectivity index (χ0v) is 19.1. The number of hydrogen-bond acceptors (Lipinski definition) is 6. The van der Waals surface area contributed by atoms with E-state index in [-0.39, 0.29) is 17.6 Å². The van der Waals surface area contributed by atoms with E-state index >= 15 is 0 Å². The average Bonchev–Trinajstić information content (AvgIpc) is 3.53. The Morgan fingerprint density at radius 1 is 1.12 bits per heavy atom. The van der Waals surface area contributed by atoms with Crippen LogP contribution in [0.5, 0.6) is 0 Å². The van der Waals surface area contributed by atoms with Crippen LogP contribution in [0, 0.1) is 0 Å². The second kappa shape index (κ2) is 7.63. The smallest absolute Gasteiger partial charge is 0.323 e. The Morgan fingerprint density at radius 3 is 2.85 bits per heavy atom. The van der Waals surface area contributed by atoms with Crippen molar-refractivity contribution in [2.75, 3.05) is 0 Å². The number of carbonyl (C=O) groups is 1. The Bertz CT molecular complexity index is 1780. The van der Waals surface area contributed by atoms with E-state index in [0.29, 0.717) is 16.6 Å². The summed E-state index contributed by atoms with van der Waals surface area (Å²) in [5.74, 6) is -0.218. The molecule has 2 aromatic carbocycles. The second-order valence-electron chi connectivity index (χ2n) is 8.18. The number of nitrogens with one attached hydrogen (secondary N) is 3. The Hall–Kier alpha value is -4.31. The molecule has 6 aromatic rings. The second-order valence-corrected chi connectivity index (χ2v) is 9.16. The molecule has 0 unspecified atom stereocenters. The third-order valence-corrected chi connectivity index (χ3v) is 6.87. The molecule has 0 saturated carbocycles. The molecule has 0 aliphatic rings. The van der Waals surface area contributed by atoms with Crippen molar-refractivity contribution in [3.8, 4) is 10.6 Å². The fourth-order valence-corrected chi connectivity index (χ4v) is 5.02. The van der Waals surface area contributed by atoms with Gasteiger partial charge in [0.15, 0.2) is 0 Å². The summed E-state index contributed by atoms with van der Waals surface area (Å²) in [6.07, 6.45) is 3.54. The number of H-pyrrole nitrogens is 2. The minimum atomic E-state index is -0.299. The van der Waals surface area contributed by atoms with E-state index in [2.05, 4.69) is 25.3 Å². The van der Waals surface area contributed by atoms with E-state index in [0.717, 1.165) is 37.5 Å². The number of thiazole rings is 1. The summed E-state index contributed by atoms with van der Waals surface area (Å²) in [5, 5.41) is 3.89. The van der Waals surface area contributed by atoms with Crippen molar-refractivity contribution < 1.29 is 4.79 Å². The van der Waals surface area contributed by atoms with Crippen molar-refractivity contribution in [3.05, 3.63) is 76.6 Å². The number of hydrogen-bond donors (Lipinski definition) is 3. The molecule has 0 aliphatic carbocycles. The van der Waals surface area contributed by atoms with Gasteiger partial charge in [0.05, 0.1) is 35.1 Å². The van der Waals surface area contributed by atoms with Gasteiger partial charge in [0, 0.05) is 18.2 Å². The Labute approximate surface area is 196 Å². The number of pyridine rings is 1. The molecule has 0 bridgehead atoms. The molecular formula is C24H19N7O2S. The highest BCUT2D eigenvalue weighted by atomic mass is 32.1. The number of aromatic nitrogens is 6. The number of benzene rings is 2. The third-order valence-electron chi connectivity index (χ3n) is 5.86. The van der Waals surface area contributed by atoms with Gasteiger partial charge in [0.25, 0.3) is 5.91 Å². The van der Waals surface area contributed by atoms with Crippen LogP contribution in [0.1, 0.15) is 28.9 Å². The lowest BCUT2D eigenvalue weighted by atomic mass is 10.0. The van der Waals surface area contributed by atoms with Gasteiger partial charge in [0.1, 0.15) is 20.9 Å². The molecule has 1 atom stereocenters. The zero-order chi connectivity index (χ0) is 23.4. The van der Waals surface area contributed by atoms with Crippen molar-refractivity contribution in [2.24, 2.45) is 7.05 Å². The summed E-state index contributed by atoms with van der Waals surface area (Å²) in [6.45, 7) is 1.94. The van der Waals surface area contributed by atoms with Crippen LogP contribution in [0.4, 0.5) is 0 Å². The van der Waals surface area contributed by atoms with Gasteiger partial charge in [-0.25, -0.2) is 19.7 Å². The molecule has 9 nitrogen and oxygen atoms in total. The molecule has 4 aromatic heterocycles. The summed E-state index contributed by atoms with van der Waals surface area (Å²) in [6, 6.07) is 12.8. The monoisotopic (exact) mass is 469 g/mol. The molecule has 3 N–H and O–H groups in total. The summed E-state index contributed by atoms with van der Waals surface area (Å²) in [7, 11) is 1.95. The van der Waals surface area contributed by atoms with Crippen LogP contribution in [-0.4, -0.2) is 35.4 Å². The highest BCUT2D eigenvalue weighted by Crippen LogP contribution is 2.33. The van der Waals surface area contributed by atoms with Gasteiger partial charge < -0.3 is 19.9 Å². The van der Waals surface area contributed by atoms with Crippen LogP contribution in [0.2, 0.25) is 0 Å². The maximum Gasteiger partial charge on any atom is 0.323 e. The van der Waals surface area contributed by atoms with Gasteiger partial charge in [-0.1, -0.05) is 29.5 Å². The minimum Gasteiger partial charge on any atom is -0.346 e. The van der Waals surface area contributed by atoms with E-state index in [1.165, 1.54) is 11.3 Å². The molecule has 0 saturated heterocycles. The molecule has 0 aliphatic heterocycles. The van der Waals surface area contributed by atoms with Crippen LogP contribution in [0.3, 0.4) is 0 Å². The number of rotatable bonds is 4. The SMILES string of the molecule is C[C@H](NC(=O)c1ccc2[nH]c(=O)[nH]c2c1)c1cccc(-c2nc3c(ncc4ncn(C)c43)s2)c1. The largest absolute Gasteiger partial charge is 0.346 e. The maximum atomic E-state index is 12.8. The first-order chi connectivity index (χ1) is 16.5. The van der Waals surface area contributed by atoms with Crippen LogP contribution in [0.25, 0.3) is 43.0 Å². The van der Waals surface area contributed by atoms with Crippen molar-refractivity contribution in [3.63, 3.8) is 0 Å². The number of aryl methyl sites for hydroxylation is 1. The molecule has 4 heterocycles. The molecular weight excluding hydrogens is 450 g/mol. The Kier molecular flexibility index (Phi) is 4.56. The summed E-state index contributed by atoms with van der Waals surface area (Å²) >= 11 is 1.53. The molecule has 168 valence electrons. The number of imidazole rings is 2. The Morgan fingerprint density at radius 2 is 1.97 bits per heavy atom. The first-order valence-corrected chi connectivity index (χ1v) is 11.5. The fourth-order valence-electron chi connectivity index (χ4n) is 4.11. The van der Waals surface area contributed by atoms with Crippen LogP contribution >= 0.6 is 11.3 Å². The Balaban J connectivity index is 1.29. The van der Waals surface area contributed by atoms with Crippen molar-refractivity contribution in [2.45, 2.75) is 13.0 Å². The molecule has 0 spiro atoms. The average molecular weight is 470 g/mol. The number of fused-ring (bicyclic) bond motifs is 4. The number of aromatic amines is 2.